The monoisotopic (exact) mass is 330 g/mol. The molecule has 0 bridgehead atoms. The molecule has 1 saturated heterocycles. The number of anilines is 1. The Hall–Kier alpha value is -2.04. The average molecular weight is 330 g/mol. The van der Waals surface area contributed by atoms with Gasteiger partial charge in [-0.25, -0.2) is 0 Å². The molecule has 1 aromatic carbocycles. The van der Waals surface area contributed by atoms with Crippen LogP contribution in [0.2, 0.25) is 0 Å². The van der Waals surface area contributed by atoms with Gasteiger partial charge < -0.3 is 14.5 Å². The summed E-state index contributed by atoms with van der Waals surface area (Å²) in [6, 6.07) is 7.56. The lowest BCUT2D eigenvalue weighted by Gasteiger charge is -2.35. The summed E-state index contributed by atoms with van der Waals surface area (Å²) in [5.41, 5.74) is 0.807. The summed E-state index contributed by atoms with van der Waals surface area (Å²) in [7, 11) is 0. The van der Waals surface area contributed by atoms with Crippen LogP contribution >= 0.6 is 0 Å². The van der Waals surface area contributed by atoms with Gasteiger partial charge in [0.05, 0.1) is 12.2 Å². The molecule has 0 aliphatic carbocycles. The van der Waals surface area contributed by atoms with Gasteiger partial charge in [-0.05, 0) is 30.4 Å². The van der Waals surface area contributed by atoms with Gasteiger partial charge in [0.15, 0.2) is 0 Å². The van der Waals surface area contributed by atoms with E-state index in [-0.39, 0.29) is 24.7 Å². The van der Waals surface area contributed by atoms with Gasteiger partial charge in [0.2, 0.25) is 11.8 Å². The molecule has 2 aliphatic heterocycles. The summed E-state index contributed by atoms with van der Waals surface area (Å²) in [6.07, 6.45) is 1.72. The third kappa shape index (κ3) is 3.71. The number of ether oxygens (including phenoxy) is 1. The van der Waals surface area contributed by atoms with Crippen molar-refractivity contribution in [3.63, 3.8) is 0 Å². The lowest BCUT2D eigenvalue weighted by molar-refractivity contribution is -0.135. The third-order valence-corrected chi connectivity index (χ3v) is 4.80. The number of benzene rings is 1. The topological polar surface area (TPSA) is 49.9 Å². The molecule has 24 heavy (non-hydrogen) atoms. The normalized spacial score (nSPS) is 23.4. The highest BCUT2D eigenvalue weighted by Gasteiger charge is 2.27. The molecule has 2 heterocycles. The Balaban J connectivity index is 1.57. The minimum atomic E-state index is -0.00259. The van der Waals surface area contributed by atoms with Crippen molar-refractivity contribution in [3.05, 3.63) is 24.3 Å². The molecule has 5 heteroatoms. The number of hydrogen-bond acceptors (Lipinski definition) is 3. The van der Waals surface area contributed by atoms with Gasteiger partial charge in [0, 0.05) is 25.9 Å². The maximum absolute atomic E-state index is 12.6. The van der Waals surface area contributed by atoms with Gasteiger partial charge in [-0.1, -0.05) is 26.0 Å². The van der Waals surface area contributed by atoms with Crippen LogP contribution in [-0.4, -0.2) is 43.0 Å². The highest BCUT2D eigenvalue weighted by atomic mass is 16.5. The number of nitrogens with zero attached hydrogens (tertiary/aromatic N) is 2. The van der Waals surface area contributed by atoms with Gasteiger partial charge in [-0.15, -0.1) is 0 Å². The predicted molar refractivity (Wildman–Crippen MR) is 93.0 cm³/mol. The van der Waals surface area contributed by atoms with E-state index in [9.17, 15) is 9.59 Å². The molecule has 0 radical (unpaired) electrons. The number of likely N-dealkylation sites (tertiary alicyclic amines) is 1. The minimum Gasteiger partial charge on any atom is -0.490 e. The fourth-order valence-electron chi connectivity index (χ4n) is 3.80. The molecule has 0 spiro atoms. The van der Waals surface area contributed by atoms with E-state index in [1.54, 1.807) is 4.90 Å². The first-order valence-electron chi connectivity index (χ1n) is 8.84. The van der Waals surface area contributed by atoms with Crippen LogP contribution in [0.4, 0.5) is 5.69 Å². The van der Waals surface area contributed by atoms with Crippen molar-refractivity contribution in [3.8, 4) is 5.75 Å². The minimum absolute atomic E-state index is 0.00259. The zero-order valence-corrected chi connectivity index (χ0v) is 14.5. The lowest BCUT2D eigenvalue weighted by atomic mass is 9.91. The molecular weight excluding hydrogens is 304 g/mol. The molecule has 2 atom stereocenters. The van der Waals surface area contributed by atoms with Crippen molar-refractivity contribution < 1.29 is 14.3 Å². The van der Waals surface area contributed by atoms with Crippen LogP contribution in [0, 0.1) is 11.8 Å². The average Bonchev–Trinajstić information content (AvgIpc) is 2.58. The first kappa shape index (κ1) is 16.8. The van der Waals surface area contributed by atoms with E-state index >= 15 is 0 Å². The molecule has 130 valence electrons. The Morgan fingerprint density at radius 2 is 1.75 bits per heavy atom. The number of carbonyl (C=O) groups is 2. The maximum atomic E-state index is 12.6. The molecule has 5 nitrogen and oxygen atoms in total. The number of piperidine rings is 1. The molecule has 2 amide bonds. The van der Waals surface area contributed by atoms with Gasteiger partial charge in [-0.3, -0.25) is 9.59 Å². The number of carbonyl (C=O) groups excluding carboxylic acids is 2. The predicted octanol–water partition coefficient (Wildman–Crippen LogP) is 2.70. The molecular formula is C19H26N2O3. The molecule has 1 fully saturated rings. The van der Waals surface area contributed by atoms with E-state index in [0.29, 0.717) is 25.0 Å². The van der Waals surface area contributed by atoms with Crippen molar-refractivity contribution in [2.75, 3.05) is 31.1 Å². The highest BCUT2D eigenvalue weighted by Crippen LogP contribution is 2.31. The number of hydrogen-bond donors (Lipinski definition) is 0. The van der Waals surface area contributed by atoms with Crippen molar-refractivity contribution in [1.29, 1.82) is 0 Å². The number of para-hydroxylation sites is 2. The van der Waals surface area contributed by atoms with Gasteiger partial charge >= 0.3 is 0 Å². The summed E-state index contributed by atoms with van der Waals surface area (Å²) in [6.45, 7) is 7.05. The van der Waals surface area contributed by atoms with Crippen molar-refractivity contribution in [2.45, 2.75) is 33.1 Å². The second-order valence-corrected chi connectivity index (χ2v) is 7.11. The van der Waals surface area contributed by atoms with Gasteiger partial charge in [-0.2, -0.15) is 0 Å². The highest BCUT2D eigenvalue weighted by molar-refractivity contribution is 5.97. The Morgan fingerprint density at radius 3 is 2.50 bits per heavy atom. The zero-order valence-electron chi connectivity index (χ0n) is 14.5. The molecule has 0 saturated carbocycles. The number of fused-ring (bicyclic) bond motifs is 1. The van der Waals surface area contributed by atoms with Crippen LogP contribution in [0.1, 0.15) is 33.1 Å². The zero-order chi connectivity index (χ0) is 17.1. The van der Waals surface area contributed by atoms with Crippen molar-refractivity contribution in [1.82, 2.24) is 4.90 Å². The Morgan fingerprint density at radius 1 is 1.08 bits per heavy atom. The third-order valence-electron chi connectivity index (χ3n) is 4.80. The standard InChI is InChI=1S/C19H26N2O3/c1-14-11-15(2)13-20(12-14)18(22)7-8-19(23)21-9-10-24-17-6-4-3-5-16(17)21/h3-6,14-15H,7-13H2,1-2H3/t14-,15-/m1/s1. The van der Waals surface area contributed by atoms with Crippen molar-refractivity contribution in [2.24, 2.45) is 11.8 Å². The van der Waals surface area contributed by atoms with Gasteiger partial charge in [0.25, 0.3) is 0 Å². The number of amides is 2. The Labute approximate surface area is 143 Å². The summed E-state index contributed by atoms with van der Waals surface area (Å²) in [5, 5.41) is 0. The van der Waals surface area contributed by atoms with E-state index in [1.807, 2.05) is 29.2 Å². The second-order valence-electron chi connectivity index (χ2n) is 7.11. The molecule has 3 rings (SSSR count). The van der Waals surface area contributed by atoms with E-state index < -0.39 is 0 Å². The van der Waals surface area contributed by atoms with E-state index in [1.165, 1.54) is 6.42 Å². The van der Waals surface area contributed by atoms with E-state index in [4.69, 9.17) is 4.74 Å². The van der Waals surface area contributed by atoms with E-state index in [2.05, 4.69) is 13.8 Å². The second kappa shape index (κ2) is 7.24. The largest absolute Gasteiger partial charge is 0.490 e. The van der Waals surface area contributed by atoms with Crippen LogP contribution in [0.3, 0.4) is 0 Å². The van der Waals surface area contributed by atoms with E-state index in [0.717, 1.165) is 24.5 Å². The summed E-state index contributed by atoms with van der Waals surface area (Å²) in [5.74, 6) is 1.92. The van der Waals surface area contributed by atoms with Crippen LogP contribution in [-0.2, 0) is 9.59 Å². The molecule has 2 aliphatic rings. The molecule has 0 aromatic heterocycles. The molecule has 0 unspecified atom stereocenters. The maximum Gasteiger partial charge on any atom is 0.227 e. The molecule has 1 aromatic rings. The van der Waals surface area contributed by atoms with Gasteiger partial charge in [0.1, 0.15) is 12.4 Å². The number of rotatable bonds is 3. The fourth-order valence-corrected chi connectivity index (χ4v) is 3.80. The quantitative estimate of drug-likeness (QED) is 0.856. The SMILES string of the molecule is C[C@@H]1C[C@@H](C)CN(C(=O)CCC(=O)N2CCOc3ccccc32)C1. The Bertz CT molecular complexity index is 606. The smallest absolute Gasteiger partial charge is 0.227 e. The van der Waals surface area contributed by atoms with Crippen molar-refractivity contribution >= 4 is 17.5 Å². The fraction of sp³-hybridized carbons (Fsp3) is 0.579. The summed E-state index contributed by atoms with van der Waals surface area (Å²) < 4.78 is 5.58. The van der Waals surface area contributed by atoms with Crippen LogP contribution in [0.15, 0.2) is 24.3 Å². The van der Waals surface area contributed by atoms with Crippen LogP contribution in [0.5, 0.6) is 5.75 Å². The molecule has 0 N–H and O–H groups in total. The van der Waals surface area contributed by atoms with Crippen LogP contribution in [0.25, 0.3) is 0 Å². The summed E-state index contributed by atoms with van der Waals surface area (Å²) >= 11 is 0. The first-order valence-corrected chi connectivity index (χ1v) is 8.84. The van der Waals surface area contributed by atoms with Crippen LogP contribution < -0.4 is 9.64 Å². The Kier molecular flexibility index (Phi) is 5.07. The summed E-state index contributed by atoms with van der Waals surface area (Å²) in [4.78, 5) is 28.7. The lowest BCUT2D eigenvalue weighted by Crippen LogP contribution is -2.43. The first-order chi connectivity index (χ1) is 11.5.